The first-order valence-corrected chi connectivity index (χ1v) is 6.69. The molecule has 0 aliphatic heterocycles. The molecule has 0 saturated heterocycles. The molecule has 2 aromatic heterocycles. The molecule has 0 spiro atoms. The topological polar surface area (TPSA) is 63.1 Å². The predicted molar refractivity (Wildman–Crippen MR) is 77.6 cm³/mol. The smallest absolute Gasteiger partial charge is 0.250 e. The maximum atomic E-state index is 11.3. The van der Waals surface area contributed by atoms with Crippen LogP contribution in [-0.4, -0.2) is 10.5 Å². The number of hydrogen-bond donors (Lipinski definition) is 2. The molecule has 0 bridgehead atoms. The van der Waals surface area contributed by atoms with E-state index in [-0.39, 0.29) is 11.5 Å². The van der Waals surface area contributed by atoms with Gasteiger partial charge in [0.25, 0.3) is 0 Å². The molecule has 6 heteroatoms. The molecule has 19 heavy (non-hydrogen) atoms. The number of hydrogen-bond acceptors (Lipinski definition) is 4. The summed E-state index contributed by atoms with van der Waals surface area (Å²) >= 11 is 1.57. The maximum Gasteiger partial charge on any atom is 0.250 e. The number of carbonyl (C=O) groups is 1. The van der Waals surface area contributed by atoms with Crippen LogP contribution in [0, 0.1) is 0 Å². The molecule has 0 aliphatic rings. The first-order valence-electron chi connectivity index (χ1n) is 5.81. The summed E-state index contributed by atoms with van der Waals surface area (Å²) in [5.41, 5.74) is 1.65. The van der Waals surface area contributed by atoms with Gasteiger partial charge in [0, 0.05) is 31.1 Å². The Morgan fingerprint density at radius 1 is 1.37 bits per heavy atom. The van der Waals surface area contributed by atoms with Crippen LogP contribution in [0.3, 0.4) is 0 Å². The van der Waals surface area contributed by atoms with E-state index in [9.17, 15) is 9.59 Å². The fourth-order valence-corrected chi connectivity index (χ4v) is 2.43. The molecular formula is C13H15N3O2S. The minimum absolute atomic E-state index is 0.0411. The van der Waals surface area contributed by atoms with Crippen LogP contribution in [0.5, 0.6) is 0 Å². The molecule has 2 aromatic rings. The van der Waals surface area contributed by atoms with Crippen molar-refractivity contribution in [2.75, 3.05) is 10.6 Å². The number of amides is 1. The van der Waals surface area contributed by atoms with E-state index in [1.165, 1.54) is 17.6 Å². The highest BCUT2D eigenvalue weighted by atomic mass is 32.1. The van der Waals surface area contributed by atoms with Crippen molar-refractivity contribution in [1.29, 1.82) is 0 Å². The number of thiophene rings is 1. The van der Waals surface area contributed by atoms with Gasteiger partial charge in [-0.1, -0.05) is 0 Å². The van der Waals surface area contributed by atoms with Crippen molar-refractivity contribution in [1.82, 2.24) is 4.57 Å². The van der Waals surface area contributed by atoms with E-state index in [0.717, 1.165) is 16.3 Å². The Morgan fingerprint density at radius 3 is 2.84 bits per heavy atom. The van der Waals surface area contributed by atoms with Gasteiger partial charge in [-0.25, -0.2) is 0 Å². The van der Waals surface area contributed by atoms with Gasteiger partial charge in [0.1, 0.15) is 0 Å². The molecule has 0 atom stereocenters. The SMILES string of the molecule is CC(=O)Nc1ccsc1CNc1ccc(=O)n(C)c1. The average Bonchev–Trinajstić information content (AvgIpc) is 2.77. The van der Waals surface area contributed by atoms with Crippen LogP contribution in [0.4, 0.5) is 11.4 Å². The number of rotatable bonds is 4. The van der Waals surface area contributed by atoms with Gasteiger partial charge in [-0.05, 0) is 17.5 Å². The van der Waals surface area contributed by atoms with Crippen LogP contribution in [0.1, 0.15) is 11.8 Å². The third-order valence-electron chi connectivity index (χ3n) is 2.60. The number of nitrogens with one attached hydrogen (secondary N) is 2. The molecule has 100 valence electrons. The molecule has 0 aliphatic carbocycles. The third-order valence-corrected chi connectivity index (χ3v) is 3.52. The Morgan fingerprint density at radius 2 is 2.16 bits per heavy atom. The number of aromatic nitrogens is 1. The summed E-state index contributed by atoms with van der Waals surface area (Å²) < 4.78 is 1.52. The van der Waals surface area contributed by atoms with E-state index in [1.54, 1.807) is 30.6 Å². The number of carbonyl (C=O) groups excluding carboxylic acids is 1. The van der Waals surface area contributed by atoms with Crippen molar-refractivity contribution >= 4 is 28.6 Å². The Labute approximate surface area is 114 Å². The summed E-state index contributed by atoms with van der Waals surface area (Å²) in [4.78, 5) is 23.4. The highest BCUT2D eigenvalue weighted by Crippen LogP contribution is 2.23. The van der Waals surface area contributed by atoms with Crippen molar-refractivity contribution in [3.8, 4) is 0 Å². The summed E-state index contributed by atoms with van der Waals surface area (Å²) in [5, 5.41) is 7.95. The molecule has 0 saturated carbocycles. The second-order valence-corrected chi connectivity index (χ2v) is 5.16. The van der Waals surface area contributed by atoms with E-state index in [4.69, 9.17) is 0 Å². The van der Waals surface area contributed by atoms with Crippen molar-refractivity contribution < 1.29 is 4.79 Å². The Bertz CT molecular complexity index is 645. The van der Waals surface area contributed by atoms with E-state index < -0.39 is 0 Å². The second kappa shape index (κ2) is 5.71. The summed E-state index contributed by atoms with van der Waals surface area (Å²) in [6, 6.07) is 5.14. The van der Waals surface area contributed by atoms with Crippen LogP contribution >= 0.6 is 11.3 Å². The van der Waals surface area contributed by atoms with Crippen LogP contribution in [-0.2, 0) is 18.4 Å². The fourth-order valence-electron chi connectivity index (χ4n) is 1.66. The van der Waals surface area contributed by atoms with Crippen molar-refractivity contribution in [2.24, 2.45) is 7.05 Å². The van der Waals surface area contributed by atoms with Gasteiger partial charge in [-0.15, -0.1) is 11.3 Å². The van der Waals surface area contributed by atoms with E-state index >= 15 is 0 Å². The fraction of sp³-hybridized carbons (Fsp3) is 0.231. The zero-order valence-electron chi connectivity index (χ0n) is 10.8. The van der Waals surface area contributed by atoms with Gasteiger partial charge in [0.2, 0.25) is 11.5 Å². The van der Waals surface area contributed by atoms with Gasteiger partial charge < -0.3 is 15.2 Å². The average molecular weight is 277 g/mol. The minimum atomic E-state index is -0.0817. The number of aryl methyl sites for hydroxylation is 1. The third kappa shape index (κ3) is 3.45. The van der Waals surface area contributed by atoms with E-state index in [1.807, 2.05) is 11.4 Å². The zero-order chi connectivity index (χ0) is 13.8. The van der Waals surface area contributed by atoms with Gasteiger partial charge in [-0.2, -0.15) is 0 Å². The van der Waals surface area contributed by atoms with Crippen molar-refractivity contribution in [3.63, 3.8) is 0 Å². The second-order valence-electron chi connectivity index (χ2n) is 4.16. The summed E-state index contributed by atoms with van der Waals surface area (Å²) in [6.07, 6.45) is 1.74. The molecule has 2 rings (SSSR count). The first kappa shape index (κ1) is 13.4. The van der Waals surface area contributed by atoms with E-state index in [2.05, 4.69) is 10.6 Å². The quantitative estimate of drug-likeness (QED) is 0.898. The minimum Gasteiger partial charge on any atom is -0.379 e. The molecule has 0 radical (unpaired) electrons. The highest BCUT2D eigenvalue weighted by Gasteiger charge is 2.05. The first-order chi connectivity index (χ1) is 9.06. The molecule has 0 unspecified atom stereocenters. The number of anilines is 2. The molecule has 5 nitrogen and oxygen atoms in total. The van der Waals surface area contributed by atoms with Crippen molar-refractivity contribution in [2.45, 2.75) is 13.5 Å². The molecule has 0 aromatic carbocycles. The molecular weight excluding hydrogens is 262 g/mol. The normalized spacial score (nSPS) is 10.2. The van der Waals surface area contributed by atoms with Crippen LogP contribution in [0.15, 0.2) is 34.6 Å². The lowest BCUT2D eigenvalue weighted by Gasteiger charge is -2.08. The van der Waals surface area contributed by atoms with Gasteiger partial charge in [-0.3, -0.25) is 9.59 Å². The largest absolute Gasteiger partial charge is 0.379 e. The standard InChI is InChI=1S/C13H15N3O2S/c1-9(17)15-11-5-6-19-12(11)7-14-10-3-4-13(18)16(2)8-10/h3-6,8,14H,7H2,1-2H3,(H,15,17). The lowest BCUT2D eigenvalue weighted by molar-refractivity contribution is -0.114. The Balaban J connectivity index is 2.06. The van der Waals surface area contributed by atoms with Crippen LogP contribution in [0.2, 0.25) is 0 Å². The monoisotopic (exact) mass is 277 g/mol. The number of pyridine rings is 1. The lowest BCUT2D eigenvalue weighted by Crippen LogP contribution is -2.15. The Kier molecular flexibility index (Phi) is 4.01. The molecule has 0 fully saturated rings. The highest BCUT2D eigenvalue weighted by molar-refractivity contribution is 7.10. The van der Waals surface area contributed by atoms with Crippen molar-refractivity contribution in [3.05, 3.63) is 45.0 Å². The lowest BCUT2D eigenvalue weighted by atomic mass is 10.3. The van der Waals surface area contributed by atoms with Gasteiger partial charge >= 0.3 is 0 Å². The summed E-state index contributed by atoms with van der Waals surface area (Å²) in [7, 11) is 1.71. The van der Waals surface area contributed by atoms with Gasteiger partial charge in [0.05, 0.1) is 17.9 Å². The molecule has 1 amide bonds. The molecule has 2 heterocycles. The van der Waals surface area contributed by atoms with E-state index in [0.29, 0.717) is 6.54 Å². The maximum absolute atomic E-state index is 11.3. The zero-order valence-corrected chi connectivity index (χ0v) is 11.6. The number of nitrogens with zero attached hydrogens (tertiary/aromatic N) is 1. The van der Waals surface area contributed by atoms with Crippen LogP contribution in [0.25, 0.3) is 0 Å². The predicted octanol–water partition coefficient (Wildman–Crippen LogP) is 2.02. The molecule has 2 N–H and O–H groups in total. The Hall–Kier alpha value is -2.08. The summed E-state index contributed by atoms with van der Waals surface area (Å²) in [6.45, 7) is 2.09. The van der Waals surface area contributed by atoms with Gasteiger partial charge in [0.15, 0.2) is 0 Å². The summed E-state index contributed by atoms with van der Waals surface area (Å²) in [5.74, 6) is -0.0817. The van der Waals surface area contributed by atoms with Crippen LogP contribution < -0.4 is 16.2 Å².